The Balaban J connectivity index is 2.41. The molecule has 0 atom stereocenters. The third-order valence-electron chi connectivity index (χ3n) is 3.02. The van der Waals surface area contributed by atoms with Crippen molar-refractivity contribution < 1.29 is 5.21 Å². The van der Waals surface area contributed by atoms with Gasteiger partial charge in [0, 0.05) is 26.2 Å². The van der Waals surface area contributed by atoms with E-state index in [0.29, 0.717) is 6.04 Å². The summed E-state index contributed by atoms with van der Waals surface area (Å²) in [6, 6.07) is 0.411. The van der Waals surface area contributed by atoms with Crippen LogP contribution in [0.2, 0.25) is 0 Å². The molecule has 14 heavy (non-hydrogen) atoms. The number of rotatable bonds is 2. The molecule has 0 saturated carbocycles. The summed E-state index contributed by atoms with van der Waals surface area (Å²) in [4.78, 5) is 4.27. The summed E-state index contributed by atoms with van der Waals surface area (Å²) in [5.74, 6) is 0.208. The van der Waals surface area contributed by atoms with Crippen LogP contribution in [0.5, 0.6) is 0 Å². The first-order valence-corrected chi connectivity index (χ1v) is 5.11. The van der Waals surface area contributed by atoms with Crippen LogP contribution in [0, 0.1) is 0 Å². The summed E-state index contributed by atoms with van der Waals surface area (Å²) in [6.45, 7) is 5.49. The molecule has 5 nitrogen and oxygen atoms in total. The Kier molecular flexibility index (Phi) is 4.00. The highest BCUT2D eigenvalue weighted by Gasteiger charge is 2.22. The first-order valence-electron chi connectivity index (χ1n) is 5.11. The highest BCUT2D eigenvalue weighted by molar-refractivity contribution is 5.77. The van der Waals surface area contributed by atoms with Crippen LogP contribution in [0.15, 0.2) is 5.16 Å². The van der Waals surface area contributed by atoms with E-state index in [4.69, 9.17) is 10.9 Å². The Morgan fingerprint density at radius 2 is 2.14 bits per heavy atom. The highest BCUT2D eigenvalue weighted by atomic mass is 16.4. The van der Waals surface area contributed by atoms with E-state index in [1.807, 2.05) is 11.9 Å². The molecule has 1 aliphatic rings. The van der Waals surface area contributed by atoms with Gasteiger partial charge in [-0.1, -0.05) is 12.1 Å². The Morgan fingerprint density at radius 3 is 2.57 bits per heavy atom. The molecular formula is C9H20N4O. The minimum atomic E-state index is 0.208. The van der Waals surface area contributed by atoms with Gasteiger partial charge in [-0.15, -0.1) is 0 Å². The molecule has 1 heterocycles. The van der Waals surface area contributed by atoms with E-state index in [0.717, 1.165) is 32.5 Å². The molecule has 0 aliphatic carbocycles. The number of piperidine rings is 1. The number of oxime groups is 1. The zero-order chi connectivity index (χ0) is 10.6. The first-order chi connectivity index (χ1) is 6.69. The second kappa shape index (κ2) is 5.05. The average molecular weight is 200 g/mol. The molecule has 0 aromatic rings. The van der Waals surface area contributed by atoms with E-state index in [1.54, 1.807) is 0 Å². The zero-order valence-corrected chi connectivity index (χ0v) is 8.98. The molecule has 1 rings (SSSR count). The third-order valence-corrected chi connectivity index (χ3v) is 3.02. The highest BCUT2D eigenvalue weighted by Crippen LogP contribution is 2.14. The van der Waals surface area contributed by atoms with Gasteiger partial charge in [-0.2, -0.15) is 0 Å². The first kappa shape index (κ1) is 11.1. The molecule has 1 aliphatic heterocycles. The van der Waals surface area contributed by atoms with Gasteiger partial charge in [0.05, 0.1) is 0 Å². The fourth-order valence-corrected chi connectivity index (χ4v) is 1.88. The van der Waals surface area contributed by atoms with Crippen molar-refractivity contribution in [3.63, 3.8) is 0 Å². The van der Waals surface area contributed by atoms with Crippen LogP contribution in [0.3, 0.4) is 0 Å². The van der Waals surface area contributed by atoms with Crippen LogP contribution >= 0.6 is 0 Å². The molecular weight excluding hydrogens is 180 g/mol. The molecule has 5 heteroatoms. The number of nitrogens with two attached hydrogens (primary N) is 1. The minimum Gasteiger partial charge on any atom is -0.408 e. The smallest absolute Gasteiger partial charge is 0.233 e. The SMILES string of the molecule is CCN1CCC(N(C)C(N)=NO)CC1. The molecule has 3 N–H and O–H groups in total. The maximum atomic E-state index is 8.54. The van der Waals surface area contributed by atoms with Gasteiger partial charge in [-0.05, 0) is 19.4 Å². The van der Waals surface area contributed by atoms with Crippen molar-refractivity contribution in [2.75, 3.05) is 26.7 Å². The monoisotopic (exact) mass is 200 g/mol. The van der Waals surface area contributed by atoms with Gasteiger partial charge in [0.2, 0.25) is 5.96 Å². The molecule has 1 saturated heterocycles. The molecule has 82 valence electrons. The largest absolute Gasteiger partial charge is 0.408 e. The van der Waals surface area contributed by atoms with Gasteiger partial charge >= 0.3 is 0 Å². The summed E-state index contributed by atoms with van der Waals surface area (Å²) < 4.78 is 0. The van der Waals surface area contributed by atoms with Crippen molar-refractivity contribution in [1.82, 2.24) is 9.80 Å². The average Bonchev–Trinajstić information content (AvgIpc) is 2.27. The Labute approximate surface area is 85.2 Å². The standard InChI is InChI=1S/C9H20N4O/c1-3-13-6-4-8(5-7-13)12(2)9(10)11-14/h8,14H,3-7H2,1-2H3,(H2,10,11). The lowest BCUT2D eigenvalue weighted by Gasteiger charge is -2.36. The maximum absolute atomic E-state index is 8.54. The van der Waals surface area contributed by atoms with Crippen molar-refractivity contribution in [2.45, 2.75) is 25.8 Å². The summed E-state index contributed by atoms with van der Waals surface area (Å²) in [5, 5.41) is 11.6. The molecule has 1 fully saturated rings. The lowest BCUT2D eigenvalue weighted by Crippen LogP contribution is -2.47. The predicted molar refractivity (Wildman–Crippen MR) is 56.3 cm³/mol. The second-order valence-electron chi connectivity index (χ2n) is 3.73. The van der Waals surface area contributed by atoms with Crippen LogP contribution in [-0.4, -0.2) is 53.7 Å². The van der Waals surface area contributed by atoms with Crippen LogP contribution in [0.25, 0.3) is 0 Å². The van der Waals surface area contributed by atoms with Gasteiger partial charge in [0.1, 0.15) is 0 Å². The fourth-order valence-electron chi connectivity index (χ4n) is 1.88. The topological polar surface area (TPSA) is 65.1 Å². The predicted octanol–water partition coefficient (Wildman–Crippen LogP) is 0.106. The number of nitrogens with zero attached hydrogens (tertiary/aromatic N) is 3. The fraction of sp³-hybridized carbons (Fsp3) is 0.889. The van der Waals surface area contributed by atoms with Crippen molar-refractivity contribution in [3.05, 3.63) is 0 Å². The quantitative estimate of drug-likeness (QED) is 0.287. The zero-order valence-electron chi connectivity index (χ0n) is 8.98. The summed E-state index contributed by atoms with van der Waals surface area (Å²) in [5.41, 5.74) is 5.53. The van der Waals surface area contributed by atoms with Crippen molar-refractivity contribution in [2.24, 2.45) is 10.9 Å². The maximum Gasteiger partial charge on any atom is 0.233 e. The van der Waals surface area contributed by atoms with Crippen LogP contribution in [-0.2, 0) is 0 Å². The van der Waals surface area contributed by atoms with Crippen molar-refractivity contribution >= 4 is 5.96 Å². The molecule has 0 aromatic heterocycles. The number of likely N-dealkylation sites (tertiary alicyclic amines) is 1. The van der Waals surface area contributed by atoms with Gasteiger partial charge in [-0.3, -0.25) is 0 Å². The van der Waals surface area contributed by atoms with E-state index < -0.39 is 0 Å². The Morgan fingerprint density at radius 1 is 1.57 bits per heavy atom. The van der Waals surface area contributed by atoms with Gasteiger partial charge in [0.15, 0.2) is 0 Å². The van der Waals surface area contributed by atoms with E-state index in [-0.39, 0.29) is 5.96 Å². The Bertz CT molecular complexity index is 199. The molecule has 0 unspecified atom stereocenters. The number of guanidine groups is 1. The van der Waals surface area contributed by atoms with E-state index in [1.165, 1.54) is 0 Å². The second-order valence-corrected chi connectivity index (χ2v) is 3.73. The summed E-state index contributed by atoms with van der Waals surface area (Å²) in [6.07, 6.45) is 2.17. The minimum absolute atomic E-state index is 0.208. The molecule has 0 spiro atoms. The lowest BCUT2D eigenvalue weighted by atomic mass is 10.0. The van der Waals surface area contributed by atoms with Crippen molar-refractivity contribution in [1.29, 1.82) is 0 Å². The van der Waals surface area contributed by atoms with Gasteiger partial charge in [-0.25, -0.2) is 0 Å². The molecule has 0 bridgehead atoms. The third kappa shape index (κ3) is 2.51. The number of hydrogen-bond acceptors (Lipinski definition) is 3. The van der Waals surface area contributed by atoms with E-state index in [2.05, 4.69) is 17.0 Å². The lowest BCUT2D eigenvalue weighted by molar-refractivity contribution is 0.167. The van der Waals surface area contributed by atoms with Gasteiger partial charge < -0.3 is 20.7 Å². The summed E-state index contributed by atoms with van der Waals surface area (Å²) >= 11 is 0. The van der Waals surface area contributed by atoms with E-state index >= 15 is 0 Å². The normalized spacial score (nSPS) is 21.1. The molecule has 0 radical (unpaired) electrons. The van der Waals surface area contributed by atoms with Crippen molar-refractivity contribution in [3.8, 4) is 0 Å². The number of hydrogen-bond donors (Lipinski definition) is 2. The van der Waals surface area contributed by atoms with Gasteiger partial charge in [0.25, 0.3) is 0 Å². The summed E-state index contributed by atoms with van der Waals surface area (Å²) in [7, 11) is 1.88. The van der Waals surface area contributed by atoms with Crippen LogP contribution in [0.4, 0.5) is 0 Å². The molecule has 0 amide bonds. The molecule has 0 aromatic carbocycles. The Hall–Kier alpha value is -0.970. The van der Waals surface area contributed by atoms with Crippen LogP contribution in [0.1, 0.15) is 19.8 Å². The van der Waals surface area contributed by atoms with E-state index in [9.17, 15) is 0 Å². The van der Waals surface area contributed by atoms with Crippen LogP contribution < -0.4 is 5.73 Å².